The van der Waals surface area contributed by atoms with Gasteiger partial charge >= 0.3 is 0 Å². The Morgan fingerprint density at radius 3 is 2.50 bits per heavy atom. The lowest BCUT2D eigenvalue weighted by Gasteiger charge is -2.09. The molecule has 0 aliphatic carbocycles. The van der Waals surface area contributed by atoms with Crippen molar-refractivity contribution in [3.05, 3.63) is 48.2 Å². The molecule has 0 bridgehead atoms. The second-order valence-corrected chi connectivity index (χ2v) is 4.99. The molecule has 0 aliphatic heterocycles. The third-order valence-electron chi connectivity index (χ3n) is 3.23. The van der Waals surface area contributed by atoms with E-state index in [1.54, 1.807) is 36.5 Å². The first-order chi connectivity index (χ1) is 10.5. The minimum atomic E-state index is 0.128. The number of benzene rings is 1. The molecule has 0 saturated heterocycles. The van der Waals surface area contributed by atoms with E-state index < -0.39 is 0 Å². The zero-order valence-corrected chi connectivity index (χ0v) is 12.0. The average Bonchev–Trinajstić information content (AvgIpc) is 2.46. The molecular weight excluding hydrogens is 278 g/mol. The molecule has 3 aromatic rings. The number of aromatic hydroxyl groups is 1. The Bertz CT molecular complexity index is 827. The highest BCUT2D eigenvalue weighted by atomic mass is 16.3. The fourth-order valence-corrected chi connectivity index (χ4v) is 2.27. The van der Waals surface area contributed by atoms with Gasteiger partial charge in [0.15, 0.2) is 0 Å². The van der Waals surface area contributed by atoms with E-state index in [4.69, 9.17) is 11.5 Å². The van der Waals surface area contributed by atoms with Crippen LogP contribution in [0, 0.1) is 6.92 Å². The van der Waals surface area contributed by atoms with E-state index >= 15 is 0 Å². The maximum Gasteiger partial charge on any atom is 0.220 e. The predicted molar refractivity (Wildman–Crippen MR) is 85.9 cm³/mol. The highest BCUT2D eigenvalue weighted by molar-refractivity contribution is 5.75. The van der Waals surface area contributed by atoms with Crippen molar-refractivity contribution >= 4 is 11.8 Å². The van der Waals surface area contributed by atoms with Crippen LogP contribution in [0.4, 0.5) is 11.8 Å². The second kappa shape index (κ2) is 5.33. The molecule has 0 atom stereocenters. The molecule has 5 N–H and O–H groups in total. The molecular formula is C16H15N5O. The smallest absolute Gasteiger partial charge is 0.220 e. The number of hydrogen-bond acceptors (Lipinski definition) is 6. The van der Waals surface area contributed by atoms with Gasteiger partial charge in [0.05, 0.1) is 11.4 Å². The summed E-state index contributed by atoms with van der Waals surface area (Å²) in [5.41, 5.74) is 15.1. The van der Waals surface area contributed by atoms with Crippen LogP contribution in [0.5, 0.6) is 5.75 Å². The van der Waals surface area contributed by atoms with Gasteiger partial charge in [-0.15, -0.1) is 0 Å². The topological polar surface area (TPSA) is 111 Å². The van der Waals surface area contributed by atoms with Gasteiger partial charge in [-0.2, -0.15) is 0 Å². The number of rotatable bonds is 2. The summed E-state index contributed by atoms with van der Waals surface area (Å²) in [7, 11) is 0. The zero-order chi connectivity index (χ0) is 15.7. The summed E-state index contributed by atoms with van der Waals surface area (Å²) in [4.78, 5) is 12.3. The molecule has 6 heteroatoms. The molecule has 1 aromatic carbocycles. The summed E-state index contributed by atoms with van der Waals surface area (Å²) in [5, 5.41) is 10.1. The number of aryl methyl sites for hydroxylation is 1. The Hall–Kier alpha value is -3.15. The highest BCUT2D eigenvalue weighted by Crippen LogP contribution is 2.32. The molecule has 0 saturated carbocycles. The molecule has 0 spiro atoms. The lowest BCUT2D eigenvalue weighted by molar-refractivity contribution is 0.477. The summed E-state index contributed by atoms with van der Waals surface area (Å²) in [5.74, 6) is 0.736. The Kier molecular flexibility index (Phi) is 3.34. The number of pyridine rings is 1. The number of phenols is 1. The standard InChI is InChI=1S/C16H15N5O/c1-9-6-13(20-15(17)7-9)11-8-10(2-3-14(11)22)12-4-5-19-16(18)21-12/h2-8,22H,1H3,(H2,17,20)(H2,18,19,21). The van der Waals surface area contributed by atoms with E-state index in [1.165, 1.54) is 0 Å². The molecule has 0 amide bonds. The summed E-state index contributed by atoms with van der Waals surface area (Å²) < 4.78 is 0. The first-order valence-corrected chi connectivity index (χ1v) is 6.69. The van der Waals surface area contributed by atoms with Crippen LogP contribution < -0.4 is 11.5 Å². The molecule has 2 heterocycles. The molecule has 0 unspecified atom stereocenters. The number of aromatic nitrogens is 3. The number of nitrogen functional groups attached to an aromatic ring is 2. The Balaban J connectivity index is 2.14. The fourth-order valence-electron chi connectivity index (χ4n) is 2.27. The van der Waals surface area contributed by atoms with E-state index in [2.05, 4.69) is 15.0 Å². The molecule has 3 rings (SSSR count). The van der Waals surface area contributed by atoms with Crippen molar-refractivity contribution in [3.63, 3.8) is 0 Å². The van der Waals surface area contributed by atoms with Crippen LogP contribution in [0.2, 0.25) is 0 Å². The largest absolute Gasteiger partial charge is 0.507 e. The quantitative estimate of drug-likeness (QED) is 0.669. The minimum Gasteiger partial charge on any atom is -0.507 e. The van der Waals surface area contributed by atoms with Crippen LogP contribution in [-0.4, -0.2) is 20.1 Å². The number of hydrogen-bond donors (Lipinski definition) is 3. The van der Waals surface area contributed by atoms with Gasteiger partial charge in [-0.3, -0.25) is 0 Å². The second-order valence-electron chi connectivity index (χ2n) is 4.99. The summed E-state index contributed by atoms with van der Waals surface area (Å²) in [6.07, 6.45) is 1.59. The van der Waals surface area contributed by atoms with Crippen LogP contribution in [0.25, 0.3) is 22.5 Å². The Morgan fingerprint density at radius 2 is 1.77 bits per heavy atom. The van der Waals surface area contributed by atoms with Crippen molar-refractivity contribution in [1.82, 2.24) is 15.0 Å². The fraction of sp³-hybridized carbons (Fsp3) is 0.0625. The number of nitrogens with zero attached hydrogens (tertiary/aromatic N) is 3. The molecule has 6 nitrogen and oxygen atoms in total. The third-order valence-corrected chi connectivity index (χ3v) is 3.23. The molecule has 0 fully saturated rings. The van der Waals surface area contributed by atoms with Gasteiger partial charge in [-0.25, -0.2) is 15.0 Å². The van der Waals surface area contributed by atoms with Crippen molar-refractivity contribution in [2.45, 2.75) is 6.92 Å². The van der Waals surface area contributed by atoms with Crippen molar-refractivity contribution < 1.29 is 5.11 Å². The van der Waals surface area contributed by atoms with Crippen LogP contribution in [0.15, 0.2) is 42.6 Å². The lowest BCUT2D eigenvalue weighted by atomic mass is 10.0. The van der Waals surface area contributed by atoms with Crippen molar-refractivity contribution in [3.8, 4) is 28.3 Å². The van der Waals surface area contributed by atoms with Gasteiger partial charge in [0.1, 0.15) is 11.6 Å². The number of nitrogens with two attached hydrogens (primary N) is 2. The van der Waals surface area contributed by atoms with E-state index in [0.29, 0.717) is 22.8 Å². The molecule has 22 heavy (non-hydrogen) atoms. The Morgan fingerprint density at radius 1 is 0.955 bits per heavy atom. The maximum atomic E-state index is 10.1. The van der Waals surface area contributed by atoms with Crippen LogP contribution >= 0.6 is 0 Å². The van der Waals surface area contributed by atoms with Crippen molar-refractivity contribution in [1.29, 1.82) is 0 Å². The van der Waals surface area contributed by atoms with E-state index in [0.717, 1.165) is 11.1 Å². The van der Waals surface area contributed by atoms with Crippen LogP contribution in [-0.2, 0) is 0 Å². The van der Waals surface area contributed by atoms with Crippen molar-refractivity contribution in [2.75, 3.05) is 11.5 Å². The summed E-state index contributed by atoms with van der Waals surface area (Å²) >= 11 is 0. The van der Waals surface area contributed by atoms with Crippen LogP contribution in [0.3, 0.4) is 0 Å². The van der Waals surface area contributed by atoms with Crippen molar-refractivity contribution in [2.24, 2.45) is 0 Å². The Labute approximate surface area is 127 Å². The van der Waals surface area contributed by atoms with Gasteiger partial charge in [-0.1, -0.05) is 0 Å². The van der Waals surface area contributed by atoms with E-state index in [-0.39, 0.29) is 11.7 Å². The highest BCUT2D eigenvalue weighted by Gasteiger charge is 2.10. The molecule has 2 aromatic heterocycles. The third kappa shape index (κ3) is 2.67. The van der Waals surface area contributed by atoms with Gasteiger partial charge in [0.25, 0.3) is 0 Å². The summed E-state index contributed by atoms with van der Waals surface area (Å²) in [6.45, 7) is 1.92. The van der Waals surface area contributed by atoms with Crippen LogP contribution in [0.1, 0.15) is 5.56 Å². The first kappa shape index (κ1) is 13.8. The zero-order valence-electron chi connectivity index (χ0n) is 12.0. The SMILES string of the molecule is Cc1cc(N)nc(-c2cc(-c3ccnc(N)n3)ccc2O)c1. The van der Waals surface area contributed by atoms with Gasteiger partial charge in [-0.05, 0) is 48.9 Å². The normalized spacial score (nSPS) is 10.6. The molecule has 0 radical (unpaired) electrons. The number of phenolic OH excluding ortho intramolecular Hbond substituents is 1. The monoisotopic (exact) mass is 293 g/mol. The minimum absolute atomic E-state index is 0.128. The van der Waals surface area contributed by atoms with E-state index in [9.17, 15) is 5.11 Å². The van der Waals surface area contributed by atoms with E-state index in [1.807, 2.05) is 13.0 Å². The average molecular weight is 293 g/mol. The first-order valence-electron chi connectivity index (χ1n) is 6.69. The summed E-state index contributed by atoms with van der Waals surface area (Å²) in [6, 6.07) is 10.6. The van der Waals surface area contributed by atoms with Gasteiger partial charge in [0, 0.05) is 17.3 Å². The number of anilines is 2. The molecule has 110 valence electrons. The van der Waals surface area contributed by atoms with Gasteiger partial charge in [0.2, 0.25) is 5.95 Å². The lowest BCUT2D eigenvalue weighted by Crippen LogP contribution is -1.96. The molecule has 0 aliphatic rings. The predicted octanol–water partition coefficient (Wildman–Crippen LogP) is 2.38. The maximum absolute atomic E-state index is 10.1. The van der Waals surface area contributed by atoms with Gasteiger partial charge < -0.3 is 16.6 Å².